The molecule has 1 saturated carbocycles. The van der Waals surface area contributed by atoms with E-state index in [4.69, 9.17) is 1.37 Å². The Hall–Kier alpha value is -2.97. The minimum Gasteiger partial charge on any atom is -0.256 e. The first-order valence-electron chi connectivity index (χ1n) is 12.9. The second-order valence-corrected chi connectivity index (χ2v) is 10.2. The molecule has 0 saturated heterocycles. The predicted molar refractivity (Wildman–Crippen MR) is 143 cm³/mol. The molecule has 2 heteroatoms. The Morgan fingerprint density at radius 2 is 1.64 bits per heavy atom. The van der Waals surface area contributed by atoms with Crippen molar-refractivity contribution in [2.75, 3.05) is 0 Å². The number of hydrogen-bond acceptors (Lipinski definition) is 2. The Kier molecular flexibility index (Phi) is 4.90. The molecular formula is C31H29NS. The molecule has 0 aliphatic heterocycles. The van der Waals surface area contributed by atoms with Crippen LogP contribution in [0, 0.1) is 5.89 Å². The van der Waals surface area contributed by atoms with Gasteiger partial charge >= 0.3 is 0 Å². The van der Waals surface area contributed by atoms with Crippen LogP contribution in [0.1, 0.15) is 53.2 Å². The van der Waals surface area contributed by atoms with Crippen LogP contribution in [0.25, 0.3) is 42.6 Å². The van der Waals surface area contributed by atoms with Crippen molar-refractivity contribution in [3.8, 4) is 22.4 Å². The number of aromatic nitrogens is 1. The van der Waals surface area contributed by atoms with Crippen LogP contribution in [0.5, 0.6) is 0 Å². The standard InChI is InChI=1S/C31H29NS/c1-21(22-8-4-2-5-9-22)24-16-17-32-29(19-24)26-13-15-30-28(18-26)27-14-12-25(20-31(27)33-30)23-10-6-3-7-11-23/h3,6-7,10-22H,2,4-5,8-9H2,1H3/i21D,22D. The van der Waals surface area contributed by atoms with Gasteiger partial charge in [-0.15, -0.1) is 11.3 Å². The first-order chi connectivity index (χ1) is 16.9. The molecule has 5 aromatic rings. The van der Waals surface area contributed by atoms with Gasteiger partial charge in [-0.05, 0) is 71.7 Å². The van der Waals surface area contributed by atoms with Gasteiger partial charge in [-0.25, -0.2) is 0 Å². The van der Waals surface area contributed by atoms with Gasteiger partial charge in [0.05, 0.1) is 5.69 Å². The number of rotatable bonds is 4. The van der Waals surface area contributed by atoms with E-state index >= 15 is 0 Å². The second kappa shape index (κ2) is 8.76. The third-order valence-electron chi connectivity index (χ3n) is 7.05. The monoisotopic (exact) mass is 449 g/mol. The number of pyridine rings is 1. The Labute approximate surface area is 202 Å². The van der Waals surface area contributed by atoms with Gasteiger partial charge < -0.3 is 0 Å². The molecule has 3 aromatic carbocycles. The van der Waals surface area contributed by atoms with Crippen LogP contribution in [0.2, 0.25) is 0 Å². The first kappa shape index (κ1) is 18.5. The van der Waals surface area contributed by atoms with Crippen molar-refractivity contribution in [3.05, 3.63) is 90.6 Å². The average molecular weight is 450 g/mol. The second-order valence-electron chi connectivity index (χ2n) is 9.11. The molecule has 1 atom stereocenters. The van der Waals surface area contributed by atoms with Gasteiger partial charge in [-0.3, -0.25) is 4.98 Å². The molecule has 0 spiro atoms. The van der Waals surface area contributed by atoms with Crippen LogP contribution in [-0.2, 0) is 0 Å². The average Bonchev–Trinajstić information content (AvgIpc) is 3.27. The summed E-state index contributed by atoms with van der Waals surface area (Å²) >= 11 is 1.82. The minimum atomic E-state index is -0.960. The summed E-state index contributed by atoms with van der Waals surface area (Å²) in [7, 11) is 0. The van der Waals surface area contributed by atoms with Crippen molar-refractivity contribution in [2.24, 2.45) is 5.89 Å². The fraction of sp³-hybridized carbons (Fsp3) is 0.258. The Morgan fingerprint density at radius 3 is 2.48 bits per heavy atom. The zero-order chi connectivity index (χ0) is 24.0. The summed E-state index contributed by atoms with van der Waals surface area (Å²) in [6, 6.07) is 27.8. The van der Waals surface area contributed by atoms with Crippen molar-refractivity contribution < 1.29 is 2.74 Å². The maximum atomic E-state index is 9.21. The quantitative estimate of drug-likeness (QED) is 0.266. The predicted octanol–water partition coefficient (Wildman–Crippen LogP) is 9.47. The molecule has 33 heavy (non-hydrogen) atoms. The number of hydrogen-bond donors (Lipinski definition) is 0. The van der Waals surface area contributed by atoms with Gasteiger partial charge in [0, 0.05) is 34.7 Å². The molecule has 0 N–H and O–H groups in total. The molecule has 6 rings (SSSR count). The van der Waals surface area contributed by atoms with Crippen LogP contribution in [0.4, 0.5) is 0 Å². The molecule has 2 aromatic heterocycles. The summed E-state index contributed by atoms with van der Waals surface area (Å²) in [4.78, 5) is 4.67. The van der Waals surface area contributed by atoms with Crippen LogP contribution in [0.3, 0.4) is 0 Å². The third kappa shape index (κ3) is 3.98. The van der Waals surface area contributed by atoms with E-state index in [1.54, 1.807) is 0 Å². The van der Waals surface area contributed by atoms with Crippen molar-refractivity contribution >= 4 is 31.5 Å². The van der Waals surface area contributed by atoms with Crippen molar-refractivity contribution in [1.82, 2.24) is 4.98 Å². The van der Waals surface area contributed by atoms with E-state index in [-0.39, 0.29) is 0 Å². The van der Waals surface area contributed by atoms with E-state index in [0.717, 1.165) is 42.5 Å². The highest BCUT2D eigenvalue weighted by Gasteiger charge is 2.21. The highest BCUT2D eigenvalue weighted by atomic mass is 32.1. The fourth-order valence-electron chi connectivity index (χ4n) is 5.13. The number of nitrogens with zero attached hydrogens (tertiary/aromatic N) is 1. The topological polar surface area (TPSA) is 12.9 Å². The van der Waals surface area contributed by atoms with E-state index in [0.29, 0.717) is 0 Å². The largest absolute Gasteiger partial charge is 0.256 e. The molecule has 1 aliphatic rings. The Balaban J connectivity index is 1.39. The molecule has 1 unspecified atom stereocenters. The minimum absolute atomic E-state index is 0.742. The third-order valence-corrected chi connectivity index (χ3v) is 8.19. The Morgan fingerprint density at radius 1 is 0.818 bits per heavy atom. The highest BCUT2D eigenvalue weighted by Crippen LogP contribution is 2.39. The number of fused-ring (bicyclic) bond motifs is 3. The van der Waals surface area contributed by atoms with Crippen LogP contribution >= 0.6 is 11.3 Å². The van der Waals surface area contributed by atoms with Gasteiger partial charge in [-0.1, -0.05) is 74.7 Å². The number of thiophene rings is 1. The maximum Gasteiger partial charge on any atom is 0.0705 e. The zero-order valence-corrected chi connectivity index (χ0v) is 19.8. The highest BCUT2D eigenvalue weighted by molar-refractivity contribution is 7.25. The van der Waals surface area contributed by atoms with Gasteiger partial charge in [-0.2, -0.15) is 0 Å². The van der Waals surface area contributed by atoms with Crippen LogP contribution in [-0.4, -0.2) is 4.98 Å². The van der Waals surface area contributed by atoms with E-state index in [1.807, 2.05) is 42.7 Å². The lowest BCUT2D eigenvalue weighted by atomic mass is 9.78. The van der Waals surface area contributed by atoms with Gasteiger partial charge in [0.15, 0.2) is 0 Å². The summed E-state index contributed by atoms with van der Waals surface area (Å²) in [5, 5.41) is 2.51. The molecular weight excluding hydrogens is 418 g/mol. The lowest BCUT2D eigenvalue weighted by Gasteiger charge is -2.28. The molecule has 0 radical (unpaired) electrons. The maximum absolute atomic E-state index is 9.21. The van der Waals surface area contributed by atoms with Gasteiger partial charge in [0.2, 0.25) is 0 Å². The van der Waals surface area contributed by atoms with Crippen molar-refractivity contribution in [1.29, 1.82) is 0 Å². The van der Waals surface area contributed by atoms with E-state index in [1.165, 1.54) is 37.7 Å². The van der Waals surface area contributed by atoms with Crippen molar-refractivity contribution in [3.63, 3.8) is 0 Å². The molecule has 0 amide bonds. The SMILES string of the molecule is [2H]C1(C([2H])(C)c2ccnc(-c3ccc4sc5cc(-c6ccccc6)ccc5c4c3)c2)CCCCC1. The summed E-state index contributed by atoms with van der Waals surface area (Å²) in [6.07, 6.45) is 6.67. The molecule has 1 nitrogen and oxygen atoms in total. The van der Waals surface area contributed by atoms with Gasteiger partial charge in [0.1, 0.15) is 0 Å². The summed E-state index contributed by atoms with van der Waals surface area (Å²) < 4.78 is 20.8. The van der Waals surface area contributed by atoms with Crippen LogP contribution < -0.4 is 0 Å². The molecule has 164 valence electrons. The fourth-order valence-corrected chi connectivity index (χ4v) is 6.25. The zero-order valence-electron chi connectivity index (χ0n) is 21.0. The lowest BCUT2D eigenvalue weighted by Crippen LogP contribution is -2.14. The molecule has 0 bridgehead atoms. The van der Waals surface area contributed by atoms with Gasteiger partial charge in [0.25, 0.3) is 0 Å². The Bertz CT molecular complexity index is 1510. The summed E-state index contributed by atoms with van der Waals surface area (Å²) in [5.74, 6) is -1.70. The smallest absolute Gasteiger partial charge is 0.0705 e. The molecule has 1 fully saturated rings. The molecule has 1 aliphatic carbocycles. The normalized spacial score (nSPS) is 18.6. The van der Waals surface area contributed by atoms with E-state index in [2.05, 4.69) is 65.6 Å². The number of benzene rings is 3. The molecule has 2 heterocycles. The first-order valence-corrected chi connectivity index (χ1v) is 12.7. The van der Waals surface area contributed by atoms with E-state index in [9.17, 15) is 1.37 Å². The van der Waals surface area contributed by atoms with Crippen molar-refractivity contribution in [2.45, 2.75) is 44.9 Å². The van der Waals surface area contributed by atoms with Crippen LogP contribution in [0.15, 0.2) is 85.1 Å². The summed E-state index contributed by atoms with van der Waals surface area (Å²) in [6.45, 7) is 1.92. The summed E-state index contributed by atoms with van der Waals surface area (Å²) in [5.41, 5.74) is 5.30. The van der Waals surface area contributed by atoms with E-state index < -0.39 is 11.8 Å². The lowest BCUT2D eigenvalue weighted by molar-refractivity contribution is 0.316.